The summed E-state index contributed by atoms with van der Waals surface area (Å²) in [6.45, 7) is 1.25. The predicted octanol–water partition coefficient (Wildman–Crippen LogP) is 3.61. The molecule has 158 valence electrons. The van der Waals surface area contributed by atoms with Gasteiger partial charge >= 0.3 is 7.60 Å². The molecule has 0 bridgehead atoms. The average Bonchev–Trinajstić information content (AvgIpc) is 3.46. The van der Waals surface area contributed by atoms with Crippen molar-refractivity contribution in [3.63, 3.8) is 0 Å². The van der Waals surface area contributed by atoms with Gasteiger partial charge in [0.2, 0.25) is 5.91 Å². The number of hydrogen-bond donors (Lipinski definition) is 1. The van der Waals surface area contributed by atoms with Gasteiger partial charge < -0.3 is 19.3 Å². The van der Waals surface area contributed by atoms with Crippen molar-refractivity contribution in [1.82, 2.24) is 10.2 Å². The summed E-state index contributed by atoms with van der Waals surface area (Å²) in [7, 11) is -4.27. The zero-order valence-corrected chi connectivity index (χ0v) is 17.5. The van der Waals surface area contributed by atoms with E-state index in [2.05, 4.69) is 5.32 Å². The lowest BCUT2D eigenvalue weighted by Crippen LogP contribution is -2.48. The molecule has 2 fully saturated rings. The van der Waals surface area contributed by atoms with E-state index in [0.29, 0.717) is 19.4 Å². The first-order valence-corrected chi connectivity index (χ1v) is 11.8. The standard InChI is InChI=1S/C22H25N2O5P/c25-21(19-13-7-15-23-19)24-16-8-14-20(24)22(26)30(27,28-17-9-3-1-4-10-17)29-18-11-5-2-6-12-18/h1-6,9-12,19-20,23H,7-8,13-16H2/t19-,20+/m0/s1. The van der Waals surface area contributed by atoms with Crippen molar-refractivity contribution < 1.29 is 23.2 Å². The van der Waals surface area contributed by atoms with Crippen LogP contribution >= 0.6 is 7.60 Å². The predicted molar refractivity (Wildman–Crippen MR) is 113 cm³/mol. The van der Waals surface area contributed by atoms with Gasteiger partial charge in [-0.25, -0.2) is 4.57 Å². The molecule has 0 unspecified atom stereocenters. The molecule has 0 spiro atoms. The van der Waals surface area contributed by atoms with E-state index in [1.54, 1.807) is 65.6 Å². The molecule has 2 aliphatic rings. The fraction of sp³-hybridized carbons (Fsp3) is 0.364. The van der Waals surface area contributed by atoms with Crippen molar-refractivity contribution in [2.45, 2.75) is 37.8 Å². The van der Waals surface area contributed by atoms with Crippen molar-refractivity contribution in [3.05, 3.63) is 60.7 Å². The van der Waals surface area contributed by atoms with Gasteiger partial charge in [-0.2, -0.15) is 0 Å². The Morgan fingerprint density at radius 2 is 1.50 bits per heavy atom. The molecule has 2 atom stereocenters. The number of hydrogen-bond acceptors (Lipinski definition) is 6. The van der Waals surface area contributed by atoms with Gasteiger partial charge in [-0.05, 0) is 56.5 Å². The Morgan fingerprint density at radius 3 is 2.03 bits per heavy atom. The molecule has 2 saturated heterocycles. The summed E-state index contributed by atoms with van der Waals surface area (Å²) in [6, 6.07) is 15.9. The van der Waals surface area contributed by atoms with Crippen LogP contribution in [-0.4, -0.2) is 41.5 Å². The molecule has 7 nitrogen and oxygen atoms in total. The maximum Gasteiger partial charge on any atom is 0.500 e. The second-order valence-corrected chi connectivity index (χ2v) is 9.28. The molecule has 2 aliphatic heterocycles. The van der Waals surface area contributed by atoms with Crippen molar-refractivity contribution in [1.29, 1.82) is 0 Å². The van der Waals surface area contributed by atoms with E-state index >= 15 is 0 Å². The number of nitrogens with zero attached hydrogens (tertiary/aromatic N) is 1. The summed E-state index contributed by atoms with van der Waals surface area (Å²) in [5, 5.41) is 3.18. The van der Waals surface area contributed by atoms with Crippen LogP contribution in [0.15, 0.2) is 60.7 Å². The lowest BCUT2D eigenvalue weighted by molar-refractivity contribution is -0.137. The fourth-order valence-corrected chi connectivity index (χ4v) is 5.56. The summed E-state index contributed by atoms with van der Waals surface area (Å²) in [5.41, 5.74) is -0.681. The number of rotatable bonds is 7. The number of benzene rings is 2. The first kappa shape index (κ1) is 20.6. The lowest BCUT2D eigenvalue weighted by Gasteiger charge is -2.28. The van der Waals surface area contributed by atoms with E-state index in [-0.39, 0.29) is 23.4 Å². The summed E-state index contributed by atoms with van der Waals surface area (Å²) in [4.78, 5) is 28.0. The molecule has 2 aromatic carbocycles. The minimum atomic E-state index is -4.27. The van der Waals surface area contributed by atoms with Crippen LogP contribution in [-0.2, 0) is 14.2 Å². The second-order valence-electron chi connectivity index (χ2n) is 7.48. The Morgan fingerprint density at radius 1 is 0.900 bits per heavy atom. The molecule has 1 N–H and O–H groups in total. The average molecular weight is 428 g/mol. The van der Waals surface area contributed by atoms with E-state index in [9.17, 15) is 14.2 Å². The summed E-state index contributed by atoms with van der Waals surface area (Å²) < 4.78 is 25.1. The van der Waals surface area contributed by atoms with Gasteiger partial charge in [-0.3, -0.25) is 9.59 Å². The summed E-state index contributed by atoms with van der Waals surface area (Å²) >= 11 is 0. The Labute approximate surface area is 175 Å². The second kappa shape index (κ2) is 9.02. The number of carbonyl (C=O) groups excluding carboxylic acids is 2. The Kier molecular flexibility index (Phi) is 6.21. The molecular formula is C22H25N2O5P. The van der Waals surface area contributed by atoms with E-state index in [1.807, 2.05) is 0 Å². The van der Waals surface area contributed by atoms with Crippen molar-refractivity contribution in [2.24, 2.45) is 0 Å². The molecular weight excluding hydrogens is 403 g/mol. The van der Waals surface area contributed by atoms with E-state index < -0.39 is 19.2 Å². The maximum absolute atomic E-state index is 13.8. The maximum atomic E-state index is 13.8. The third kappa shape index (κ3) is 4.42. The van der Waals surface area contributed by atoms with Crippen LogP contribution in [0.5, 0.6) is 11.5 Å². The Bertz CT molecular complexity index is 886. The van der Waals surface area contributed by atoms with Gasteiger partial charge in [0.15, 0.2) is 0 Å². The normalized spacial score (nSPS) is 21.4. The largest absolute Gasteiger partial charge is 0.500 e. The van der Waals surface area contributed by atoms with Crippen LogP contribution in [0.3, 0.4) is 0 Å². The van der Waals surface area contributed by atoms with Crippen LogP contribution in [0.1, 0.15) is 25.7 Å². The highest BCUT2D eigenvalue weighted by Gasteiger charge is 2.49. The number of nitrogens with one attached hydrogen (secondary N) is 1. The number of carbonyl (C=O) groups is 2. The molecule has 30 heavy (non-hydrogen) atoms. The lowest BCUT2D eigenvalue weighted by atomic mass is 10.2. The summed E-state index contributed by atoms with van der Waals surface area (Å²) in [6.07, 6.45) is 2.79. The molecule has 8 heteroatoms. The summed E-state index contributed by atoms with van der Waals surface area (Å²) in [5.74, 6) is 0.436. The van der Waals surface area contributed by atoms with Crippen LogP contribution in [0.2, 0.25) is 0 Å². The van der Waals surface area contributed by atoms with Gasteiger partial charge in [0.1, 0.15) is 17.5 Å². The van der Waals surface area contributed by atoms with E-state index in [4.69, 9.17) is 9.05 Å². The SMILES string of the molecule is O=C([C@@H]1CCCN1)N1CCC[C@@H]1C(=O)P(=O)(Oc1ccccc1)Oc1ccccc1. The zero-order valence-electron chi connectivity index (χ0n) is 16.6. The zero-order chi connectivity index (χ0) is 21.0. The van der Waals surface area contributed by atoms with E-state index in [1.165, 1.54) is 0 Å². The molecule has 2 heterocycles. The van der Waals surface area contributed by atoms with Crippen LogP contribution in [0, 0.1) is 0 Å². The van der Waals surface area contributed by atoms with Crippen molar-refractivity contribution >= 4 is 19.0 Å². The molecule has 1 amide bonds. The highest BCUT2D eigenvalue weighted by Crippen LogP contribution is 2.51. The van der Waals surface area contributed by atoms with Gasteiger partial charge in [0, 0.05) is 6.54 Å². The highest BCUT2D eigenvalue weighted by atomic mass is 31.2. The number of para-hydroxylation sites is 2. The van der Waals surface area contributed by atoms with Crippen molar-refractivity contribution in [3.8, 4) is 11.5 Å². The van der Waals surface area contributed by atoms with Crippen LogP contribution < -0.4 is 14.4 Å². The van der Waals surface area contributed by atoms with Gasteiger partial charge in [0.25, 0.3) is 5.52 Å². The highest BCUT2D eigenvalue weighted by molar-refractivity contribution is 7.72. The van der Waals surface area contributed by atoms with Gasteiger partial charge in [0.05, 0.1) is 6.04 Å². The minimum Gasteiger partial charge on any atom is -0.411 e. The molecule has 0 saturated carbocycles. The number of amides is 1. The molecule has 2 aromatic rings. The smallest absolute Gasteiger partial charge is 0.411 e. The van der Waals surface area contributed by atoms with Crippen molar-refractivity contribution in [2.75, 3.05) is 13.1 Å². The molecule has 0 aliphatic carbocycles. The molecule has 0 aromatic heterocycles. The monoisotopic (exact) mass is 428 g/mol. The molecule has 0 radical (unpaired) electrons. The molecule has 4 rings (SSSR count). The van der Waals surface area contributed by atoms with E-state index in [0.717, 1.165) is 19.4 Å². The van der Waals surface area contributed by atoms with Crippen LogP contribution in [0.4, 0.5) is 0 Å². The first-order valence-electron chi connectivity index (χ1n) is 10.2. The Balaban J connectivity index is 1.61. The number of likely N-dealkylation sites (tertiary alicyclic amines) is 1. The minimum absolute atomic E-state index is 0.116. The fourth-order valence-electron chi connectivity index (χ4n) is 3.91. The van der Waals surface area contributed by atoms with Gasteiger partial charge in [-0.1, -0.05) is 36.4 Å². The third-order valence-electron chi connectivity index (χ3n) is 5.39. The Hall–Kier alpha value is -2.63. The van der Waals surface area contributed by atoms with Crippen LogP contribution in [0.25, 0.3) is 0 Å². The first-order chi connectivity index (χ1) is 14.6. The topological polar surface area (TPSA) is 84.9 Å². The quantitative estimate of drug-likeness (QED) is 0.679. The van der Waals surface area contributed by atoms with Gasteiger partial charge in [-0.15, -0.1) is 0 Å². The third-order valence-corrected chi connectivity index (χ3v) is 7.13.